The minimum absolute atomic E-state index is 0.00406. The number of hydrogen-bond donors (Lipinski definition) is 2. The van der Waals surface area contributed by atoms with Gasteiger partial charge in [0.2, 0.25) is 21.1 Å². The second-order valence-corrected chi connectivity index (χ2v) is 11.2. The van der Waals surface area contributed by atoms with Crippen LogP contribution in [-0.4, -0.2) is 35.5 Å². The van der Waals surface area contributed by atoms with Gasteiger partial charge in [-0.3, -0.25) is 15.1 Å². The van der Waals surface area contributed by atoms with E-state index in [2.05, 4.69) is 25.2 Å². The van der Waals surface area contributed by atoms with Crippen molar-refractivity contribution < 1.29 is 13.2 Å². The van der Waals surface area contributed by atoms with Gasteiger partial charge in [0.15, 0.2) is 0 Å². The van der Waals surface area contributed by atoms with Gasteiger partial charge in [0.05, 0.1) is 5.52 Å². The van der Waals surface area contributed by atoms with Gasteiger partial charge < -0.3 is 0 Å². The Labute approximate surface area is 222 Å². The lowest BCUT2D eigenvalue weighted by Gasteiger charge is -2.18. The minimum Gasteiger partial charge on any atom is -0.299 e. The molecule has 3 aromatic carbocycles. The lowest BCUT2D eigenvalue weighted by molar-refractivity contribution is -0.117. The molecule has 0 fully saturated rings. The molecule has 8 nitrogen and oxygen atoms in total. The number of pyridine rings is 1. The topological polar surface area (TPSA) is 114 Å². The molecule has 0 saturated heterocycles. The van der Waals surface area contributed by atoms with Crippen molar-refractivity contribution in [1.29, 1.82) is 0 Å². The smallest absolute Gasteiger partial charge is 0.244 e. The first-order chi connectivity index (χ1) is 17.9. The fourth-order valence-corrected chi connectivity index (χ4v) is 6.09. The predicted octanol–water partition coefficient (Wildman–Crippen LogP) is 4.94. The van der Waals surface area contributed by atoms with Gasteiger partial charge in [-0.2, -0.15) is 4.72 Å². The van der Waals surface area contributed by atoms with E-state index >= 15 is 0 Å². The van der Waals surface area contributed by atoms with Crippen molar-refractivity contribution in [3.05, 3.63) is 102 Å². The summed E-state index contributed by atoms with van der Waals surface area (Å²) in [7, 11) is -4.11. The Hall–Kier alpha value is -3.70. The number of nitrogens with zero attached hydrogens (tertiary/aromatic N) is 3. The van der Waals surface area contributed by atoms with E-state index in [1.165, 1.54) is 12.3 Å². The number of amides is 1. The van der Waals surface area contributed by atoms with Crippen LogP contribution in [0, 0.1) is 0 Å². The number of rotatable bonds is 8. The van der Waals surface area contributed by atoms with E-state index in [0.29, 0.717) is 20.9 Å². The summed E-state index contributed by atoms with van der Waals surface area (Å²) in [5.74, 6) is -0.561. The normalized spacial score (nSPS) is 12.4. The van der Waals surface area contributed by atoms with Gasteiger partial charge in [-0.25, -0.2) is 8.42 Å². The molecule has 0 aliphatic rings. The number of para-hydroxylation sites is 1. The average molecular weight is 550 g/mol. The highest BCUT2D eigenvalue weighted by Crippen LogP contribution is 2.28. The highest BCUT2D eigenvalue weighted by molar-refractivity contribution is 7.89. The standard InChI is InChI=1S/C26H20ClN5O3S2/c27-20-12-4-10-19(16-20)25-30-31-26(36-25)29-24(33)21(15-17-7-2-1-3-8-17)32-37(34,35)22-13-5-9-18-11-6-14-28-23(18)22/h1-14,16,21,32H,15H2,(H,29,31,33). The zero-order chi connectivity index (χ0) is 25.8. The van der Waals surface area contributed by atoms with Crippen molar-refractivity contribution >= 4 is 54.9 Å². The summed E-state index contributed by atoms with van der Waals surface area (Å²) in [4.78, 5) is 17.6. The van der Waals surface area contributed by atoms with E-state index in [1.54, 1.807) is 42.5 Å². The largest absolute Gasteiger partial charge is 0.299 e. The maximum absolute atomic E-state index is 13.5. The van der Waals surface area contributed by atoms with Crippen molar-refractivity contribution in [2.75, 3.05) is 5.32 Å². The summed E-state index contributed by atoms with van der Waals surface area (Å²) in [6.45, 7) is 0. The van der Waals surface area contributed by atoms with Crippen LogP contribution in [0.25, 0.3) is 21.5 Å². The number of hydrogen-bond acceptors (Lipinski definition) is 7. The van der Waals surface area contributed by atoms with Crippen molar-refractivity contribution in [2.45, 2.75) is 17.4 Å². The molecule has 0 saturated carbocycles. The summed E-state index contributed by atoms with van der Waals surface area (Å²) in [5, 5.41) is 12.9. The highest BCUT2D eigenvalue weighted by Gasteiger charge is 2.28. The fraction of sp³-hybridized carbons (Fsp3) is 0.0769. The molecule has 186 valence electrons. The van der Waals surface area contributed by atoms with Crippen LogP contribution in [0.5, 0.6) is 0 Å². The summed E-state index contributed by atoms with van der Waals surface area (Å²) >= 11 is 7.23. The third kappa shape index (κ3) is 5.83. The molecule has 0 aliphatic heterocycles. The van der Waals surface area contributed by atoms with Gasteiger partial charge in [-0.1, -0.05) is 83.6 Å². The van der Waals surface area contributed by atoms with Crippen molar-refractivity contribution in [3.8, 4) is 10.6 Å². The van der Waals surface area contributed by atoms with Crippen LogP contribution < -0.4 is 10.0 Å². The maximum Gasteiger partial charge on any atom is 0.244 e. The molecule has 0 aliphatic carbocycles. The van der Waals surface area contributed by atoms with Crippen molar-refractivity contribution in [3.63, 3.8) is 0 Å². The van der Waals surface area contributed by atoms with Gasteiger partial charge in [-0.15, -0.1) is 10.2 Å². The minimum atomic E-state index is -4.11. The molecule has 5 aromatic rings. The quantitative estimate of drug-likeness (QED) is 0.283. The van der Waals surface area contributed by atoms with E-state index in [1.807, 2.05) is 36.4 Å². The van der Waals surface area contributed by atoms with Crippen molar-refractivity contribution in [1.82, 2.24) is 19.9 Å². The SMILES string of the molecule is O=C(Nc1nnc(-c2cccc(Cl)c2)s1)C(Cc1ccccc1)NS(=O)(=O)c1cccc2cccnc12. The average Bonchev–Trinajstić information content (AvgIpc) is 3.37. The van der Waals surface area contributed by atoms with Gasteiger partial charge >= 0.3 is 0 Å². The van der Waals surface area contributed by atoms with Crippen LogP contribution in [0.2, 0.25) is 5.02 Å². The second-order valence-electron chi connectivity index (χ2n) is 8.11. The summed E-state index contributed by atoms with van der Waals surface area (Å²) in [6.07, 6.45) is 1.66. The zero-order valence-corrected chi connectivity index (χ0v) is 21.6. The molecule has 1 amide bonds. The number of halogens is 1. The number of sulfonamides is 1. The molecule has 11 heteroatoms. The maximum atomic E-state index is 13.5. The summed E-state index contributed by atoms with van der Waals surface area (Å²) in [5.41, 5.74) is 1.88. The predicted molar refractivity (Wildman–Crippen MR) is 145 cm³/mol. The molecular formula is C26H20ClN5O3S2. The number of carbonyl (C=O) groups is 1. The van der Waals surface area contributed by atoms with Crippen LogP contribution in [-0.2, 0) is 21.2 Å². The van der Waals surface area contributed by atoms with Gasteiger partial charge in [0, 0.05) is 22.2 Å². The monoisotopic (exact) mass is 549 g/mol. The second kappa shape index (κ2) is 10.7. The molecular weight excluding hydrogens is 530 g/mol. The molecule has 2 heterocycles. The van der Waals surface area contributed by atoms with E-state index in [4.69, 9.17) is 11.6 Å². The molecule has 1 unspecified atom stereocenters. The van der Waals surface area contributed by atoms with Crippen LogP contribution in [0.4, 0.5) is 5.13 Å². The Morgan fingerprint density at radius 1 is 0.946 bits per heavy atom. The molecule has 37 heavy (non-hydrogen) atoms. The molecule has 2 aromatic heterocycles. The van der Waals surface area contributed by atoms with Crippen molar-refractivity contribution in [2.24, 2.45) is 0 Å². The molecule has 0 radical (unpaired) electrons. The Kier molecular flexibility index (Phi) is 7.24. The number of fused-ring (bicyclic) bond motifs is 1. The van der Waals surface area contributed by atoms with Gasteiger partial charge in [-0.05, 0) is 36.2 Å². The number of anilines is 1. The first kappa shape index (κ1) is 25.0. The Morgan fingerprint density at radius 3 is 2.54 bits per heavy atom. The first-order valence-electron chi connectivity index (χ1n) is 11.2. The number of aromatic nitrogens is 3. The van der Waals surface area contributed by atoms with Crippen LogP contribution in [0.3, 0.4) is 0 Å². The number of nitrogens with one attached hydrogen (secondary N) is 2. The lowest BCUT2D eigenvalue weighted by atomic mass is 10.1. The fourth-order valence-electron chi connectivity index (χ4n) is 3.79. The molecule has 0 bridgehead atoms. The lowest BCUT2D eigenvalue weighted by Crippen LogP contribution is -2.45. The Morgan fingerprint density at radius 2 is 1.73 bits per heavy atom. The van der Waals surface area contributed by atoms with E-state index in [-0.39, 0.29) is 16.4 Å². The van der Waals surface area contributed by atoms with E-state index < -0.39 is 22.0 Å². The molecule has 0 spiro atoms. The van der Waals surface area contributed by atoms with E-state index in [9.17, 15) is 13.2 Å². The molecule has 1 atom stereocenters. The Bertz CT molecular complexity index is 1670. The van der Waals surface area contributed by atoms with Crippen LogP contribution in [0.15, 0.2) is 96.0 Å². The summed E-state index contributed by atoms with van der Waals surface area (Å²) < 4.78 is 29.5. The van der Waals surface area contributed by atoms with Crippen LogP contribution in [0.1, 0.15) is 5.56 Å². The number of carbonyl (C=O) groups excluding carboxylic acids is 1. The summed E-state index contributed by atoms with van der Waals surface area (Å²) in [6, 6.07) is 23.6. The number of benzene rings is 3. The Balaban J connectivity index is 1.42. The zero-order valence-electron chi connectivity index (χ0n) is 19.2. The molecule has 2 N–H and O–H groups in total. The first-order valence-corrected chi connectivity index (χ1v) is 13.9. The van der Waals surface area contributed by atoms with Gasteiger partial charge in [0.25, 0.3) is 0 Å². The third-order valence-electron chi connectivity index (χ3n) is 5.51. The van der Waals surface area contributed by atoms with Crippen LogP contribution >= 0.6 is 22.9 Å². The third-order valence-corrected chi connectivity index (χ3v) is 8.13. The van der Waals surface area contributed by atoms with Gasteiger partial charge in [0.1, 0.15) is 15.9 Å². The molecule has 5 rings (SSSR count). The highest BCUT2D eigenvalue weighted by atomic mass is 35.5. The van der Waals surface area contributed by atoms with E-state index in [0.717, 1.165) is 22.5 Å².